The first-order valence-electron chi connectivity index (χ1n) is 6.70. The average molecular weight is 295 g/mol. The van der Waals surface area contributed by atoms with Gasteiger partial charge in [0.25, 0.3) is 6.43 Å². The molecule has 2 aromatic rings. The molecule has 0 spiro atoms. The minimum absolute atomic E-state index is 0.366. The molecule has 112 valence electrons. The van der Waals surface area contributed by atoms with E-state index in [-0.39, 0.29) is 5.82 Å². The number of aromatic nitrogens is 3. The predicted octanol–water partition coefficient (Wildman–Crippen LogP) is 1.97. The lowest BCUT2D eigenvalue weighted by atomic mass is 9.80. The molecule has 1 saturated heterocycles. The van der Waals surface area contributed by atoms with Crippen LogP contribution < -0.4 is 5.46 Å². The fourth-order valence-electron chi connectivity index (χ4n) is 2.19. The average Bonchev–Trinajstić information content (AvgIpc) is 2.87. The van der Waals surface area contributed by atoms with Gasteiger partial charge in [0.1, 0.15) is 0 Å². The highest BCUT2D eigenvalue weighted by Crippen LogP contribution is 2.36. The Morgan fingerprint density at radius 3 is 2.29 bits per heavy atom. The summed E-state index contributed by atoms with van der Waals surface area (Å²) in [6.45, 7) is 7.76. The summed E-state index contributed by atoms with van der Waals surface area (Å²) in [4.78, 5) is 0. The van der Waals surface area contributed by atoms with E-state index in [2.05, 4.69) is 10.2 Å². The van der Waals surface area contributed by atoms with E-state index in [9.17, 15) is 8.78 Å². The highest BCUT2D eigenvalue weighted by Gasteiger charge is 2.51. The van der Waals surface area contributed by atoms with Crippen LogP contribution in [0.5, 0.6) is 0 Å². The molecular weight excluding hydrogens is 279 g/mol. The van der Waals surface area contributed by atoms with Gasteiger partial charge in [-0.05, 0) is 39.2 Å². The third-order valence-electron chi connectivity index (χ3n) is 4.17. The minimum Gasteiger partial charge on any atom is -0.399 e. The lowest BCUT2D eigenvalue weighted by Crippen LogP contribution is -2.41. The van der Waals surface area contributed by atoms with Crippen LogP contribution in [0.3, 0.4) is 0 Å². The van der Waals surface area contributed by atoms with E-state index in [0.717, 1.165) is 0 Å². The maximum absolute atomic E-state index is 12.9. The van der Waals surface area contributed by atoms with Gasteiger partial charge < -0.3 is 9.31 Å². The third-order valence-corrected chi connectivity index (χ3v) is 4.17. The van der Waals surface area contributed by atoms with Crippen LogP contribution >= 0.6 is 0 Å². The van der Waals surface area contributed by atoms with Gasteiger partial charge in [-0.3, -0.25) is 4.40 Å². The van der Waals surface area contributed by atoms with E-state index < -0.39 is 24.7 Å². The SMILES string of the molecule is CC1(C)OB(c2ccc3nnc(C(F)F)n3c2)OC1(C)C. The van der Waals surface area contributed by atoms with Crippen molar-refractivity contribution in [3.63, 3.8) is 0 Å². The molecule has 0 unspecified atom stereocenters. The van der Waals surface area contributed by atoms with E-state index in [4.69, 9.17) is 9.31 Å². The van der Waals surface area contributed by atoms with Crippen LogP contribution in [0.25, 0.3) is 5.65 Å². The van der Waals surface area contributed by atoms with Crippen LogP contribution in [0.2, 0.25) is 0 Å². The normalized spacial score (nSPS) is 20.6. The Kier molecular flexibility index (Phi) is 3.07. The highest BCUT2D eigenvalue weighted by atomic mass is 19.3. The zero-order valence-corrected chi connectivity index (χ0v) is 12.3. The van der Waals surface area contributed by atoms with Crippen molar-refractivity contribution >= 4 is 18.2 Å². The number of alkyl halides is 2. The van der Waals surface area contributed by atoms with Crippen molar-refractivity contribution < 1.29 is 18.1 Å². The first kappa shape index (κ1) is 14.4. The monoisotopic (exact) mass is 295 g/mol. The summed E-state index contributed by atoms with van der Waals surface area (Å²) in [5, 5.41) is 7.22. The molecule has 0 aromatic carbocycles. The molecule has 3 rings (SSSR count). The Morgan fingerprint density at radius 2 is 1.71 bits per heavy atom. The van der Waals surface area contributed by atoms with Crippen molar-refractivity contribution in [3.05, 3.63) is 24.2 Å². The van der Waals surface area contributed by atoms with Crippen LogP contribution in [-0.2, 0) is 9.31 Å². The van der Waals surface area contributed by atoms with Crippen LogP contribution in [0.1, 0.15) is 39.9 Å². The Labute approximate surface area is 121 Å². The van der Waals surface area contributed by atoms with E-state index in [0.29, 0.717) is 11.1 Å². The molecule has 0 atom stereocenters. The van der Waals surface area contributed by atoms with Crippen LogP contribution in [0.4, 0.5) is 8.78 Å². The second-order valence-electron chi connectivity index (χ2n) is 6.14. The van der Waals surface area contributed by atoms with Crippen LogP contribution in [0.15, 0.2) is 18.3 Å². The molecule has 1 aliphatic heterocycles. The molecule has 0 radical (unpaired) electrons. The molecule has 0 amide bonds. The van der Waals surface area contributed by atoms with Gasteiger partial charge in [0.15, 0.2) is 5.65 Å². The Hall–Kier alpha value is -1.54. The van der Waals surface area contributed by atoms with Crippen molar-refractivity contribution in [3.8, 4) is 0 Å². The van der Waals surface area contributed by atoms with E-state index >= 15 is 0 Å². The summed E-state index contributed by atoms with van der Waals surface area (Å²) < 4.78 is 38.9. The molecular formula is C13H16BF2N3O2. The van der Waals surface area contributed by atoms with Crippen LogP contribution in [-0.4, -0.2) is 32.9 Å². The number of halogens is 2. The maximum atomic E-state index is 12.9. The minimum atomic E-state index is -2.69. The molecule has 0 aliphatic carbocycles. The summed E-state index contributed by atoms with van der Waals surface area (Å²) in [7, 11) is -0.604. The molecule has 21 heavy (non-hydrogen) atoms. The molecule has 0 N–H and O–H groups in total. The van der Waals surface area contributed by atoms with Gasteiger partial charge in [-0.25, -0.2) is 8.78 Å². The van der Waals surface area contributed by atoms with Crippen LogP contribution in [0, 0.1) is 0 Å². The number of fused-ring (bicyclic) bond motifs is 1. The summed E-state index contributed by atoms with van der Waals surface area (Å²) in [5.41, 5.74) is 0.0601. The molecule has 5 nitrogen and oxygen atoms in total. The lowest BCUT2D eigenvalue weighted by Gasteiger charge is -2.32. The molecule has 0 bridgehead atoms. The third kappa shape index (κ3) is 2.22. The second-order valence-corrected chi connectivity index (χ2v) is 6.14. The molecule has 3 heterocycles. The fraction of sp³-hybridized carbons (Fsp3) is 0.538. The van der Waals surface area contributed by atoms with Crippen molar-refractivity contribution in [2.24, 2.45) is 0 Å². The summed E-state index contributed by atoms with van der Waals surface area (Å²) in [6.07, 6.45) is -1.15. The van der Waals surface area contributed by atoms with Gasteiger partial charge in [0, 0.05) is 6.20 Å². The lowest BCUT2D eigenvalue weighted by molar-refractivity contribution is 0.00578. The van der Waals surface area contributed by atoms with Gasteiger partial charge >= 0.3 is 7.12 Å². The van der Waals surface area contributed by atoms with Crippen molar-refractivity contribution in [1.29, 1.82) is 0 Å². The zero-order chi connectivity index (χ0) is 15.4. The number of hydrogen-bond acceptors (Lipinski definition) is 4. The van der Waals surface area contributed by atoms with Crippen molar-refractivity contribution in [1.82, 2.24) is 14.6 Å². The van der Waals surface area contributed by atoms with Gasteiger partial charge in [-0.15, -0.1) is 10.2 Å². The Bertz CT molecular complexity index is 671. The summed E-state index contributed by atoms with van der Waals surface area (Å²) >= 11 is 0. The summed E-state index contributed by atoms with van der Waals surface area (Å²) in [5.74, 6) is -0.386. The number of nitrogens with zero attached hydrogens (tertiary/aromatic N) is 3. The van der Waals surface area contributed by atoms with Gasteiger partial charge in [0.2, 0.25) is 5.82 Å². The maximum Gasteiger partial charge on any atom is 0.496 e. The topological polar surface area (TPSA) is 48.7 Å². The quantitative estimate of drug-likeness (QED) is 0.795. The number of pyridine rings is 1. The number of rotatable bonds is 2. The smallest absolute Gasteiger partial charge is 0.399 e. The largest absolute Gasteiger partial charge is 0.496 e. The van der Waals surface area contributed by atoms with Gasteiger partial charge in [-0.1, -0.05) is 6.07 Å². The Morgan fingerprint density at radius 1 is 1.10 bits per heavy atom. The summed E-state index contributed by atoms with van der Waals surface area (Å²) in [6, 6.07) is 3.38. The van der Waals surface area contributed by atoms with E-state index in [1.807, 2.05) is 27.7 Å². The molecule has 1 fully saturated rings. The number of hydrogen-bond donors (Lipinski definition) is 0. The second kappa shape index (κ2) is 4.48. The molecule has 1 aliphatic rings. The van der Waals surface area contributed by atoms with Gasteiger partial charge in [0.05, 0.1) is 11.2 Å². The van der Waals surface area contributed by atoms with Crippen molar-refractivity contribution in [2.45, 2.75) is 45.3 Å². The highest BCUT2D eigenvalue weighted by molar-refractivity contribution is 6.62. The van der Waals surface area contributed by atoms with E-state index in [1.165, 1.54) is 4.40 Å². The molecule has 2 aromatic heterocycles. The molecule has 8 heteroatoms. The molecule has 0 saturated carbocycles. The fourth-order valence-corrected chi connectivity index (χ4v) is 2.19. The predicted molar refractivity (Wildman–Crippen MR) is 73.7 cm³/mol. The zero-order valence-electron chi connectivity index (χ0n) is 12.3. The van der Waals surface area contributed by atoms with Gasteiger partial charge in [-0.2, -0.15) is 0 Å². The standard InChI is InChI=1S/C13H16BF2N3O2/c1-12(2)13(3,4)21-14(20-12)8-5-6-9-17-18-11(10(15)16)19(9)7-8/h5-7,10H,1-4H3. The first-order valence-corrected chi connectivity index (χ1v) is 6.70. The first-order chi connectivity index (χ1) is 9.71. The van der Waals surface area contributed by atoms with Crippen molar-refractivity contribution in [2.75, 3.05) is 0 Å². The Balaban J connectivity index is 2.01. The van der Waals surface area contributed by atoms with E-state index in [1.54, 1.807) is 18.3 Å².